The van der Waals surface area contributed by atoms with E-state index in [1.165, 1.54) is 0 Å². The van der Waals surface area contributed by atoms with Gasteiger partial charge < -0.3 is 0 Å². The summed E-state index contributed by atoms with van der Waals surface area (Å²) in [6, 6.07) is 9.39. The number of carbonyl (C=O) groups is 1. The van der Waals surface area contributed by atoms with Crippen molar-refractivity contribution in [2.24, 2.45) is 0 Å². The molecule has 0 fully saturated rings. The third kappa shape index (κ3) is 2.61. The van der Waals surface area contributed by atoms with Gasteiger partial charge in [0, 0.05) is 27.5 Å². The van der Waals surface area contributed by atoms with Crippen LogP contribution in [0.4, 0.5) is 0 Å². The normalized spacial score (nSPS) is 10.3. The van der Waals surface area contributed by atoms with E-state index in [2.05, 4.69) is 20.9 Å². The Bertz CT molecular complexity index is 561. The van der Waals surface area contributed by atoms with Gasteiger partial charge in [0.05, 0.1) is 0 Å². The fourth-order valence-corrected chi connectivity index (χ4v) is 2.00. The highest BCUT2D eigenvalue weighted by molar-refractivity contribution is 9.10. The summed E-state index contributed by atoms with van der Waals surface area (Å²) < 4.78 is 0.814. The Kier molecular flexibility index (Phi) is 3.38. The van der Waals surface area contributed by atoms with E-state index in [-0.39, 0.29) is 5.78 Å². The number of pyridine rings is 1. The molecular weight excluding hydrogens is 278 g/mol. The Hall–Kier alpha value is -1.48. The third-order valence-electron chi connectivity index (χ3n) is 2.54. The molecule has 0 radical (unpaired) electrons. The van der Waals surface area contributed by atoms with E-state index in [0.29, 0.717) is 11.1 Å². The molecule has 0 unspecified atom stereocenters. The molecule has 17 heavy (non-hydrogen) atoms. The van der Waals surface area contributed by atoms with Crippen LogP contribution >= 0.6 is 15.9 Å². The molecule has 0 aliphatic rings. The van der Waals surface area contributed by atoms with Gasteiger partial charge in [0.15, 0.2) is 5.78 Å². The van der Waals surface area contributed by atoms with Crippen LogP contribution in [0.1, 0.15) is 27.2 Å². The summed E-state index contributed by atoms with van der Waals surface area (Å²) in [6.45, 7) is 3.87. The van der Waals surface area contributed by atoms with Crippen LogP contribution in [0.5, 0.6) is 0 Å². The summed E-state index contributed by atoms with van der Waals surface area (Å²) in [6.07, 6.45) is 1.62. The van der Waals surface area contributed by atoms with E-state index >= 15 is 0 Å². The Morgan fingerprint density at radius 1 is 1.18 bits per heavy atom. The van der Waals surface area contributed by atoms with Gasteiger partial charge in [-0.3, -0.25) is 9.78 Å². The molecule has 0 atom stereocenters. The first-order valence-electron chi connectivity index (χ1n) is 5.31. The maximum atomic E-state index is 12.3. The lowest BCUT2D eigenvalue weighted by Gasteiger charge is -2.05. The maximum Gasteiger partial charge on any atom is 0.195 e. The van der Waals surface area contributed by atoms with Crippen molar-refractivity contribution in [2.45, 2.75) is 13.8 Å². The highest BCUT2D eigenvalue weighted by atomic mass is 79.9. The SMILES string of the molecule is Cc1ccc(Br)c(C(=O)c2ccc(C)nc2)c1. The van der Waals surface area contributed by atoms with Crippen LogP contribution in [0.15, 0.2) is 41.0 Å². The number of aryl methyl sites for hydroxylation is 2. The molecule has 2 rings (SSSR count). The van der Waals surface area contributed by atoms with Crippen LogP contribution in [0, 0.1) is 13.8 Å². The van der Waals surface area contributed by atoms with Gasteiger partial charge in [-0.05, 0) is 38.1 Å². The molecule has 0 amide bonds. The second kappa shape index (κ2) is 4.80. The molecular formula is C14H12BrNO. The van der Waals surface area contributed by atoms with E-state index in [9.17, 15) is 4.79 Å². The van der Waals surface area contributed by atoms with Crippen LogP contribution in [0.25, 0.3) is 0 Å². The van der Waals surface area contributed by atoms with Gasteiger partial charge in [0.25, 0.3) is 0 Å². The smallest absolute Gasteiger partial charge is 0.195 e. The van der Waals surface area contributed by atoms with E-state index in [4.69, 9.17) is 0 Å². The number of hydrogen-bond acceptors (Lipinski definition) is 2. The minimum absolute atomic E-state index is 0.00641. The molecule has 0 spiro atoms. The summed E-state index contributed by atoms with van der Waals surface area (Å²) >= 11 is 3.40. The van der Waals surface area contributed by atoms with E-state index in [0.717, 1.165) is 15.7 Å². The van der Waals surface area contributed by atoms with Gasteiger partial charge in [0.1, 0.15) is 0 Å². The molecule has 1 aromatic heterocycles. The zero-order valence-electron chi connectivity index (χ0n) is 9.70. The largest absolute Gasteiger partial charge is 0.289 e. The monoisotopic (exact) mass is 289 g/mol. The van der Waals surface area contributed by atoms with Crippen molar-refractivity contribution in [3.05, 3.63) is 63.4 Å². The predicted molar refractivity (Wildman–Crippen MR) is 71.3 cm³/mol. The zero-order valence-corrected chi connectivity index (χ0v) is 11.3. The zero-order chi connectivity index (χ0) is 12.4. The molecule has 2 aromatic rings. The number of aromatic nitrogens is 1. The second-order valence-corrected chi connectivity index (χ2v) is 4.86. The van der Waals surface area contributed by atoms with Crippen LogP contribution in [0.3, 0.4) is 0 Å². The minimum Gasteiger partial charge on any atom is -0.289 e. The highest BCUT2D eigenvalue weighted by Gasteiger charge is 2.12. The lowest BCUT2D eigenvalue weighted by Crippen LogP contribution is -2.03. The van der Waals surface area contributed by atoms with Gasteiger partial charge in [-0.2, -0.15) is 0 Å². The number of halogens is 1. The summed E-state index contributed by atoms with van der Waals surface area (Å²) in [4.78, 5) is 16.4. The quantitative estimate of drug-likeness (QED) is 0.789. The van der Waals surface area contributed by atoms with Crippen molar-refractivity contribution in [1.82, 2.24) is 4.98 Å². The Balaban J connectivity index is 2.43. The van der Waals surface area contributed by atoms with E-state index in [1.807, 2.05) is 38.1 Å². The topological polar surface area (TPSA) is 30.0 Å². The molecule has 86 valence electrons. The Morgan fingerprint density at radius 3 is 2.59 bits per heavy atom. The lowest BCUT2D eigenvalue weighted by molar-refractivity contribution is 0.103. The van der Waals surface area contributed by atoms with Gasteiger partial charge >= 0.3 is 0 Å². The van der Waals surface area contributed by atoms with Gasteiger partial charge in [-0.25, -0.2) is 0 Å². The van der Waals surface area contributed by atoms with E-state index in [1.54, 1.807) is 12.3 Å². The van der Waals surface area contributed by atoms with Crippen LogP contribution < -0.4 is 0 Å². The molecule has 0 bridgehead atoms. The number of hydrogen-bond donors (Lipinski definition) is 0. The number of benzene rings is 1. The molecule has 0 aliphatic heterocycles. The minimum atomic E-state index is -0.00641. The first kappa shape index (κ1) is 12.0. The molecule has 0 aliphatic carbocycles. The maximum absolute atomic E-state index is 12.3. The van der Waals surface area contributed by atoms with Gasteiger partial charge in [0.2, 0.25) is 0 Å². The average molecular weight is 290 g/mol. The second-order valence-electron chi connectivity index (χ2n) is 4.00. The summed E-state index contributed by atoms with van der Waals surface area (Å²) in [5.74, 6) is -0.00641. The molecule has 2 nitrogen and oxygen atoms in total. The summed E-state index contributed by atoms with van der Waals surface area (Å²) in [7, 11) is 0. The highest BCUT2D eigenvalue weighted by Crippen LogP contribution is 2.21. The van der Waals surface area contributed by atoms with Crippen LogP contribution in [-0.2, 0) is 0 Å². The van der Waals surface area contributed by atoms with Crippen LogP contribution in [0.2, 0.25) is 0 Å². The molecule has 0 saturated heterocycles. The number of ketones is 1. The average Bonchev–Trinajstić information content (AvgIpc) is 2.32. The van der Waals surface area contributed by atoms with Crippen molar-refractivity contribution in [2.75, 3.05) is 0 Å². The standard InChI is InChI=1S/C14H12BrNO/c1-9-3-6-13(15)12(7-9)14(17)11-5-4-10(2)16-8-11/h3-8H,1-2H3. The number of carbonyl (C=O) groups excluding carboxylic acids is 1. The summed E-state index contributed by atoms with van der Waals surface area (Å²) in [5.41, 5.74) is 3.26. The Labute approximate surface area is 109 Å². The lowest BCUT2D eigenvalue weighted by atomic mass is 10.0. The van der Waals surface area contributed by atoms with Crippen molar-refractivity contribution in [3.63, 3.8) is 0 Å². The Morgan fingerprint density at radius 2 is 1.94 bits per heavy atom. The first-order valence-corrected chi connectivity index (χ1v) is 6.11. The number of nitrogens with zero attached hydrogens (tertiary/aromatic N) is 1. The fraction of sp³-hybridized carbons (Fsp3) is 0.143. The van der Waals surface area contributed by atoms with E-state index < -0.39 is 0 Å². The molecule has 0 saturated carbocycles. The molecule has 3 heteroatoms. The third-order valence-corrected chi connectivity index (χ3v) is 3.23. The molecule has 1 heterocycles. The first-order chi connectivity index (χ1) is 8.08. The van der Waals surface area contributed by atoms with Crippen molar-refractivity contribution < 1.29 is 4.79 Å². The number of rotatable bonds is 2. The van der Waals surface area contributed by atoms with Crippen molar-refractivity contribution in [3.8, 4) is 0 Å². The molecule has 1 aromatic carbocycles. The predicted octanol–water partition coefficient (Wildman–Crippen LogP) is 3.69. The van der Waals surface area contributed by atoms with Crippen molar-refractivity contribution >= 4 is 21.7 Å². The van der Waals surface area contributed by atoms with Crippen molar-refractivity contribution in [1.29, 1.82) is 0 Å². The molecule has 0 N–H and O–H groups in total. The van der Waals surface area contributed by atoms with Gasteiger partial charge in [-0.15, -0.1) is 0 Å². The van der Waals surface area contributed by atoms with Gasteiger partial charge in [-0.1, -0.05) is 27.6 Å². The fourth-order valence-electron chi connectivity index (χ4n) is 1.57. The summed E-state index contributed by atoms with van der Waals surface area (Å²) in [5, 5.41) is 0. The van der Waals surface area contributed by atoms with Crippen LogP contribution in [-0.4, -0.2) is 10.8 Å².